The standard InChI is InChI=1S/C16H15F3N2O3/c17-12-4-3-10(6-11(12)8-22)7-21-16(23)15-13(2-1-5-20-15)24-9-14(18)19/h1-6,14,22H,7-9H2,(H,21,23). The number of nitrogens with zero attached hydrogens (tertiary/aromatic N) is 1. The summed E-state index contributed by atoms with van der Waals surface area (Å²) in [7, 11) is 0. The van der Waals surface area contributed by atoms with Crippen LogP contribution in [0, 0.1) is 5.82 Å². The maximum atomic E-state index is 13.3. The van der Waals surface area contributed by atoms with Crippen LogP contribution in [-0.4, -0.2) is 29.0 Å². The number of ether oxygens (including phenoxy) is 1. The molecule has 2 aromatic rings. The fraction of sp³-hybridized carbons (Fsp3) is 0.250. The summed E-state index contributed by atoms with van der Waals surface area (Å²) in [5.41, 5.74) is 0.558. The van der Waals surface area contributed by atoms with E-state index in [0.29, 0.717) is 5.56 Å². The van der Waals surface area contributed by atoms with Crippen molar-refractivity contribution in [1.82, 2.24) is 10.3 Å². The van der Waals surface area contributed by atoms with Crippen molar-refractivity contribution in [2.75, 3.05) is 6.61 Å². The molecule has 0 saturated carbocycles. The lowest BCUT2D eigenvalue weighted by molar-refractivity contribution is 0.0790. The minimum Gasteiger partial charge on any atom is -0.485 e. The number of hydrogen-bond acceptors (Lipinski definition) is 4. The highest BCUT2D eigenvalue weighted by atomic mass is 19.3. The number of nitrogens with one attached hydrogen (secondary N) is 1. The van der Waals surface area contributed by atoms with Crippen LogP contribution in [0.4, 0.5) is 13.2 Å². The van der Waals surface area contributed by atoms with E-state index in [4.69, 9.17) is 9.84 Å². The number of rotatable bonds is 7. The van der Waals surface area contributed by atoms with Gasteiger partial charge >= 0.3 is 0 Å². The molecule has 0 bridgehead atoms. The van der Waals surface area contributed by atoms with E-state index in [1.165, 1.54) is 36.5 Å². The van der Waals surface area contributed by atoms with Gasteiger partial charge in [-0.15, -0.1) is 0 Å². The van der Waals surface area contributed by atoms with Gasteiger partial charge in [0.25, 0.3) is 12.3 Å². The number of carbonyl (C=O) groups excluding carboxylic acids is 1. The molecule has 1 heterocycles. The van der Waals surface area contributed by atoms with Crippen molar-refractivity contribution in [2.45, 2.75) is 19.6 Å². The molecular weight excluding hydrogens is 325 g/mol. The van der Waals surface area contributed by atoms with E-state index in [-0.39, 0.29) is 23.6 Å². The fourth-order valence-corrected chi connectivity index (χ4v) is 1.96. The number of carbonyl (C=O) groups is 1. The number of amides is 1. The van der Waals surface area contributed by atoms with Gasteiger partial charge in [-0.3, -0.25) is 4.79 Å². The molecule has 5 nitrogen and oxygen atoms in total. The minimum absolute atomic E-state index is 0.0505. The normalized spacial score (nSPS) is 10.7. The number of hydrogen-bond donors (Lipinski definition) is 2. The largest absolute Gasteiger partial charge is 0.485 e. The average molecular weight is 340 g/mol. The Kier molecular flexibility index (Phi) is 6.14. The first kappa shape index (κ1) is 17.7. The first-order valence-corrected chi connectivity index (χ1v) is 7.03. The van der Waals surface area contributed by atoms with Gasteiger partial charge < -0.3 is 15.2 Å². The van der Waals surface area contributed by atoms with Crippen LogP contribution in [0.2, 0.25) is 0 Å². The SMILES string of the molecule is O=C(NCc1ccc(F)c(CO)c1)c1ncccc1OCC(F)F. The van der Waals surface area contributed by atoms with E-state index in [1.54, 1.807) is 0 Å². The van der Waals surface area contributed by atoms with E-state index >= 15 is 0 Å². The summed E-state index contributed by atoms with van der Waals surface area (Å²) < 4.78 is 42.6. The number of pyridine rings is 1. The molecule has 1 aromatic carbocycles. The van der Waals surface area contributed by atoms with Crippen LogP contribution in [0.5, 0.6) is 5.75 Å². The molecule has 0 unspecified atom stereocenters. The van der Waals surface area contributed by atoms with Gasteiger partial charge in [-0.05, 0) is 29.8 Å². The van der Waals surface area contributed by atoms with E-state index in [1.807, 2.05) is 0 Å². The van der Waals surface area contributed by atoms with Crippen LogP contribution in [-0.2, 0) is 13.2 Å². The second-order valence-electron chi connectivity index (χ2n) is 4.82. The first-order chi connectivity index (χ1) is 11.5. The molecule has 0 radical (unpaired) electrons. The zero-order chi connectivity index (χ0) is 17.5. The summed E-state index contributed by atoms with van der Waals surface area (Å²) in [6.45, 7) is -1.25. The molecule has 1 amide bonds. The number of aliphatic hydroxyl groups excluding tert-OH is 1. The van der Waals surface area contributed by atoms with Crippen LogP contribution >= 0.6 is 0 Å². The second kappa shape index (κ2) is 8.30. The Balaban J connectivity index is 2.05. The Hall–Kier alpha value is -2.61. The lowest BCUT2D eigenvalue weighted by Gasteiger charge is -2.11. The predicted octanol–water partition coefficient (Wildman–Crippen LogP) is 2.29. The number of alkyl halides is 2. The summed E-state index contributed by atoms with van der Waals surface area (Å²) in [6.07, 6.45) is -1.33. The second-order valence-corrected chi connectivity index (χ2v) is 4.82. The third kappa shape index (κ3) is 4.69. The van der Waals surface area contributed by atoms with Crippen LogP contribution in [0.25, 0.3) is 0 Å². The highest BCUT2D eigenvalue weighted by Gasteiger charge is 2.15. The highest BCUT2D eigenvalue weighted by molar-refractivity contribution is 5.94. The molecule has 0 fully saturated rings. The Morgan fingerprint density at radius 3 is 2.83 bits per heavy atom. The van der Waals surface area contributed by atoms with Gasteiger partial charge in [-0.2, -0.15) is 0 Å². The van der Waals surface area contributed by atoms with Crippen molar-refractivity contribution in [3.05, 3.63) is 59.2 Å². The van der Waals surface area contributed by atoms with Gasteiger partial charge in [0, 0.05) is 18.3 Å². The Morgan fingerprint density at radius 2 is 2.12 bits per heavy atom. The van der Waals surface area contributed by atoms with Gasteiger partial charge in [0.2, 0.25) is 0 Å². The molecule has 0 aliphatic carbocycles. The Morgan fingerprint density at radius 1 is 1.33 bits per heavy atom. The average Bonchev–Trinajstić information content (AvgIpc) is 2.59. The number of aromatic nitrogens is 1. The van der Waals surface area contributed by atoms with E-state index < -0.39 is 31.4 Å². The number of aliphatic hydroxyl groups is 1. The molecule has 8 heteroatoms. The van der Waals surface area contributed by atoms with Gasteiger partial charge in [0.1, 0.15) is 12.4 Å². The summed E-state index contributed by atoms with van der Waals surface area (Å²) in [6, 6.07) is 6.89. The van der Waals surface area contributed by atoms with E-state index in [2.05, 4.69) is 10.3 Å². The monoisotopic (exact) mass is 340 g/mol. The minimum atomic E-state index is -2.67. The van der Waals surface area contributed by atoms with Crippen molar-refractivity contribution < 1.29 is 27.8 Å². The molecule has 0 saturated heterocycles. The van der Waals surface area contributed by atoms with Crippen LogP contribution in [0.1, 0.15) is 21.6 Å². The van der Waals surface area contributed by atoms with Crippen molar-refractivity contribution in [1.29, 1.82) is 0 Å². The molecular formula is C16H15F3N2O3. The summed E-state index contributed by atoms with van der Waals surface area (Å²) in [5.74, 6) is -1.21. The zero-order valence-electron chi connectivity index (χ0n) is 12.5. The third-order valence-corrected chi connectivity index (χ3v) is 3.08. The van der Waals surface area contributed by atoms with Crippen molar-refractivity contribution in [3.8, 4) is 5.75 Å². The predicted molar refractivity (Wildman–Crippen MR) is 79.2 cm³/mol. The molecule has 0 spiro atoms. The molecule has 2 rings (SSSR count). The van der Waals surface area contributed by atoms with Gasteiger partial charge in [-0.1, -0.05) is 6.07 Å². The maximum absolute atomic E-state index is 13.3. The molecule has 2 N–H and O–H groups in total. The Bertz CT molecular complexity index is 711. The topological polar surface area (TPSA) is 71.5 Å². The highest BCUT2D eigenvalue weighted by Crippen LogP contribution is 2.16. The first-order valence-electron chi connectivity index (χ1n) is 7.03. The fourth-order valence-electron chi connectivity index (χ4n) is 1.96. The molecule has 0 aliphatic rings. The molecule has 0 aliphatic heterocycles. The van der Waals surface area contributed by atoms with Crippen molar-refractivity contribution >= 4 is 5.91 Å². The van der Waals surface area contributed by atoms with Crippen molar-refractivity contribution in [3.63, 3.8) is 0 Å². The van der Waals surface area contributed by atoms with Crippen LogP contribution in [0.3, 0.4) is 0 Å². The summed E-state index contributed by atoms with van der Waals surface area (Å²) in [5, 5.41) is 11.6. The van der Waals surface area contributed by atoms with Crippen molar-refractivity contribution in [2.24, 2.45) is 0 Å². The summed E-state index contributed by atoms with van der Waals surface area (Å²) >= 11 is 0. The molecule has 0 atom stereocenters. The zero-order valence-corrected chi connectivity index (χ0v) is 12.5. The maximum Gasteiger partial charge on any atom is 0.274 e. The van der Waals surface area contributed by atoms with Gasteiger partial charge in [-0.25, -0.2) is 18.2 Å². The smallest absolute Gasteiger partial charge is 0.274 e. The van der Waals surface area contributed by atoms with Crippen LogP contribution in [0.15, 0.2) is 36.5 Å². The summed E-state index contributed by atoms with van der Waals surface area (Å²) in [4.78, 5) is 16.0. The Labute approximate surface area is 136 Å². The lowest BCUT2D eigenvalue weighted by Crippen LogP contribution is -2.25. The van der Waals surface area contributed by atoms with Gasteiger partial charge in [0.05, 0.1) is 6.61 Å². The number of halogens is 3. The van der Waals surface area contributed by atoms with Crippen LogP contribution < -0.4 is 10.1 Å². The third-order valence-electron chi connectivity index (χ3n) is 3.08. The quantitative estimate of drug-likeness (QED) is 0.811. The molecule has 1 aromatic heterocycles. The molecule has 128 valence electrons. The van der Waals surface area contributed by atoms with E-state index in [0.717, 1.165) is 0 Å². The lowest BCUT2D eigenvalue weighted by atomic mass is 10.1. The molecule has 24 heavy (non-hydrogen) atoms. The van der Waals surface area contributed by atoms with Gasteiger partial charge in [0.15, 0.2) is 11.4 Å². The number of benzene rings is 1. The van der Waals surface area contributed by atoms with E-state index in [9.17, 15) is 18.0 Å².